The number of thioether (sulfide) groups is 1. The van der Waals surface area contributed by atoms with Crippen molar-refractivity contribution in [2.75, 3.05) is 5.06 Å². The van der Waals surface area contributed by atoms with Gasteiger partial charge in [-0.05, 0) is 61.6 Å². The number of halogens is 1. The van der Waals surface area contributed by atoms with Gasteiger partial charge in [-0.1, -0.05) is 76.2 Å². The summed E-state index contributed by atoms with van der Waals surface area (Å²) in [5, 5.41) is 2.05. The van der Waals surface area contributed by atoms with E-state index < -0.39 is 8.32 Å². The average molecular weight is 501 g/mol. The number of benzene rings is 3. The van der Waals surface area contributed by atoms with Crippen LogP contribution in [0.1, 0.15) is 18.0 Å². The lowest BCUT2D eigenvalue weighted by atomic mass is 10.0. The lowest BCUT2D eigenvalue weighted by Gasteiger charge is -2.37. The number of para-hydroxylation sites is 1. The number of hydrogen-bond acceptors (Lipinski definition) is 4. The number of rotatable bonds is 8. The maximum Gasteiger partial charge on any atom is 0.220 e. The molecule has 3 aromatic rings. The molecular weight excluding hydrogens is 474 g/mol. The fourth-order valence-corrected chi connectivity index (χ4v) is 4.89. The number of nitrogens with zero attached hydrogens (tertiary/aromatic N) is 1. The zero-order valence-electron chi connectivity index (χ0n) is 17.4. The molecule has 1 unspecified atom stereocenters. The minimum Gasteiger partial charge on any atom is -0.320 e. The molecule has 0 saturated heterocycles. The Balaban J connectivity index is 1.95. The van der Waals surface area contributed by atoms with Gasteiger partial charge in [0, 0.05) is 15.8 Å². The standard InChI is InChI=1S/C24H26BrNO2SSi/c1-30(2,3)28-26(21-10-6-4-7-11-21)23(19-14-16-20(25)17-15-19)18-24(27)29-22-12-8-5-9-13-22/h4-17,23H,18H2,1-3H3. The van der Waals surface area contributed by atoms with E-state index in [9.17, 15) is 4.79 Å². The highest BCUT2D eigenvalue weighted by molar-refractivity contribution is 9.10. The molecule has 0 aliphatic rings. The Bertz CT molecular complexity index is 946. The van der Waals surface area contributed by atoms with Crippen LogP contribution in [0.2, 0.25) is 19.6 Å². The molecule has 30 heavy (non-hydrogen) atoms. The van der Waals surface area contributed by atoms with E-state index in [0.29, 0.717) is 6.42 Å². The molecule has 1 atom stereocenters. The van der Waals surface area contributed by atoms with E-state index in [-0.39, 0.29) is 11.2 Å². The van der Waals surface area contributed by atoms with Crippen molar-refractivity contribution in [3.05, 3.63) is 95.0 Å². The normalized spacial score (nSPS) is 12.4. The second-order valence-corrected chi connectivity index (χ2v) is 14.4. The van der Waals surface area contributed by atoms with Gasteiger partial charge >= 0.3 is 0 Å². The zero-order valence-corrected chi connectivity index (χ0v) is 20.8. The number of anilines is 1. The van der Waals surface area contributed by atoms with E-state index in [1.807, 2.05) is 77.9 Å². The van der Waals surface area contributed by atoms with Crippen LogP contribution in [-0.4, -0.2) is 13.4 Å². The van der Waals surface area contributed by atoms with Crippen LogP contribution in [-0.2, 0) is 9.32 Å². The fourth-order valence-electron chi connectivity index (χ4n) is 3.01. The summed E-state index contributed by atoms with van der Waals surface area (Å²) in [6, 6.07) is 27.7. The monoisotopic (exact) mass is 499 g/mol. The number of carbonyl (C=O) groups excluding carboxylic acids is 1. The highest BCUT2D eigenvalue weighted by Gasteiger charge is 2.30. The topological polar surface area (TPSA) is 29.5 Å². The summed E-state index contributed by atoms with van der Waals surface area (Å²) in [5.41, 5.74) is 1.99. The highest BCUT2D eigenvalue weighted by atomic mass is 79.9. The molecule has 0 radical (unpaired) electrons. The van der Waals surface area contributed by atoms with Gasteiger partial charge in [-0.2, -0.15) is 0 Å². The van der Waals surface area contributed by atoms with Crippen LogP contribution in [0.15, 0.2) is 94.3 Å². The van der Waals surface area contributed by atoms with Crippen molar-refractivity contribution in [1.29, 1.82) is 0 Å². The first kappa shape index (κ1) is 22.8. The molecule has 156 valence electrons. The largest absolute Gasteiger partial charge is 0.320 e. The summed E-state index contributed by atoms with van der Waals surface area (Å²) in [4.78, 5) is 14.0. The van der Waals surface area contributed by atoms with Gasteiger partial charge in [0.15, 0.2) is 5.12 Å². The first-order valence-electron chi connectivity index (χ1n) is 9.86. The van der Waals surface area contributed by atoms with Crippen molar-refractivity contribution in [2.24, 2.45) is 0 Å². The van der Waals surface area contributed by atoms with E-state index >= 15 is 0 Å². The first-order valence-corrected chi connectivity index (χ1v) is 14.9. The van der Waals surface area contributed by atoms with Gasteiger partial charge in [-0.15, -0.1) is 0 Å². The van der Waals surface area contributed by atoms with Gasteiger partial charge in [-0.3, -0.25) is 9.86 Å². The molecule has 0 amide bonds. The van der Waals surface area contributed by atoms with Crippen LogP contribution in [0.25, 0.3) is 0 Å². The summed E-state index contributed by atoms with van der Waals surface area (Å²) in [6.07, 6.45) is 0.334. The molecular formula is C24H26BrNO2SSi. The van der Waals surface area contributed by atoms with Gasteiger partial charge in [-0.25, -0.2) is 0 Å². The van der Waals surface area contributed by atoms with Gasteiger partial charge in [0.1, 0.15) is 0 Å². The summed E-state index contributed by atoms with van der Waals surface area (Å²) in [7, 11) is -1.94. The minimum absolute atomic E-state index is 0.106. The lowest BCUT2D eigenvalue weighted by molar-refractivity contribution is -0.111. The van der Waals surface area contributed by atoms with Gasteiger partial charge < -0.3 is 4.53 Å². The van der Waals surface area contributed by atoms with Crippen molar-refractivity contribution >= 4 is 46.8 Å². The third-order valence-electron chi connectivity index (χ3n) is 4.26. The molecule has 3 nitrogen and oxygen atoms in total. The smallest absolute Gasteiger partial charge is 0.220 e. The average Bonchev–Trinajstić information content (AvgIpc) is 2.72. The quantitative estimate of drug-likeness (QED) is 0.182. The molecule has 3 rings (SSSR count). The Morgan fingerprint density at radius 2 is 1.50 bits per heavy atom. The minimum atomic E-state index is -1.94. The molecule has 0 aliphatic heterocycles. The molecule has 0 spiro atoms. The molecule has 0 saturated carbocycles. The Labute approximate surface area is 192 Å². The third kappa shape index (κ3) is 6.84. The maximum atomic E-state index is 13.0. The predicted molar refractivity (Wildman–Crippen MR) is 132 cm³/mol. The number of hydrogen-bond donors (Lipinski definition) is 0. The molecule has 0 N–H and O–H groups in total. The summed E-state index contributed by atoms with van der Waals surface area (Å²) < 4.78 is 7.53. The van der Waals surface area contributed by atoms with E-state index in [0.717, 1.165) is 20.6 Å². The van der Waals surface area contributed by atoms with Crippen LogP contribution in [0.3, 0.4) is 0 Å². The molecule has 3 aromatic carbocycles. The van der Waals surface area contributed by atoms with E-state index in [1.54, 1.807) is 0 Å². The lowest BCUT2D eigenvalue weighted by Crippen LogP contribution is -2.40. The van der Waals surface area contributed by atoms with E-state index in [1.165, 1.54) is 11.8 Å². The molecule has 0 aliphatic carbocycles. The fraction of sp³-hybridized carbons (Fsp3) is 0.208. The third-order valence-corrected chi connectivity index (χ3v) is 6.43. The Morgan fingerprint density at radius 1 is 0.933 bits per heavy atom. The predicted octanol–water partition coefficient (Wildman–Crippen LogP) is 7.47. The van der Waals surface area contributed by atoms with Crippen molar-refractivity contribution in [3.63, 3.8) is 0 Å². The van der Waals surface area contributed by atoms with Gasteiger partial charge in [0.2, 0.25) is 8.32 Å². The zero-order chi connectivity index (χ0) is 21.6. The van der Waals surface area contributed by atoms with Crippen LogP contribution in [0.4, 0.5) is 5.69 Å². The Hall–Kier alpha value is -1.86. The second-order valence-electron chi connectivity index (χ2n) is 7.92. The van der Waals surface area contributed by atoms with Crippen molar-refractivity contribution < 1.29 is 9.32 Å². The molecule has 0 bridgehead atoms. The number of carbonyl (C=O) groups is 1. The molecule has 6 heteroatoms. The van der Waals surface area contributed by atoms with Gasteiger partial charge in [0.05, 0.1) is 11.7 Å². The van der Waals surface area contributed by atoms with Crippen LogP contribution >= 0.6 is 27.7 Å². The van der Waals surface area contributed by atoms with Crippen LogP contribution < -0.4 is 5.06 Å². The Morgan fingerprint density at radius 3 is 2.07 bits per heavy atom. The van der Waals surface area contributed by atoms with Crippen molar-refractivity contribution in [3.8, 4) is 0 Å². The molecule has 0 fully saturated rings. The van der Waals surface area contributed by atoms with Gasteiger partial charge in [0.25, 0.3) is 0 Å². The summed E-state index contributed by atoms with van der Waals surface area (Å²) in [5.74, 6) is 0. The summed E-state index contributed by atoms with van der Waals surface area (Å²) in [6.45, 7) is 6.46. The van der Waals surface area contributed by atoms with Crippen molar-refractivity contribution in [1.82, 2.24) is 0 Å². The van der Waals surface area contributed by atoms with Crippen LogP contribution in [0.5, 0.6) is 0 Å². The van der Waals surface area contributed by atoms with E-state index in [4.69, 9.17) is 4.53 Å². The maximum absolute atomic E-state index is 13.0. The summed E-state index contributed by atoms with van der Waals surface area (Å²) >= 11 is 4.79. The van der Waals surface area contributed by atoms with Crippen molar-refractivity contribution in [2.45, 2.75) is 37.0 Å². The second kappa shape index (κ2) is 10.4. The van der Waals surface area contributed by atoms with Crippen LogP contribution in [0, 0.1) is 0 Å². The molecule has 0 aromatic heterocycles. The van der Waals surface area contributed by atoms with E-state index in [2.05, 4.69) is 47.7 Å². The Kier molecular flexibility index (Phi) is 7.94. The molecule has 0 heterocycles. The first-order chi connectivity index (χ1) is 14.3. The highest BCUT2D eigenvalue weighted by Crippen LogP contribution is 2.35. The number of hydroxylamine groups is 1. The SMILES string of the molecule is C[Si](C)(C)ON(c1ccccc1)C(CC(=O)Sc1ccccc1)c1ccc(Br)cc1.